The Hall–Kier alpha value is -2.04. The number of anilines is 1. The molecule has 1 saturated heterocycles. The average Bonchev–Trinajstić information content (AvgIpc) is 2.61. The molecule has 2 unspecified atom stereocenters. The minimum absolute atomic E-state index is 0.0144. The number of nitrogens with one attached hydrogen (secondary N) is 2. The molecular formula is C19H27N3O2. The van der Waals surface area contributed by atoms with Crippen molar-refractivity contribution in [3.8, 4) is 0 Å². The first kappa shape index (κ1) is 16.8. The third-order valence-corrected chi connectivity index (χ3v) is 5.13. The molecule has 3 amide bonds. The second-order valence-electron chi connectivity index (χ2n) is 6.80. The maximum absolute atomic E-state index is 12.9. The first-order valence-corrected chi connectivity index (χ1v) is 9.16. The third-order valence-electron chi connectivity index (χ3n) is 5.13. The van der Waals surface area contributed by atoms with Gasteiger partial charge in [-0.2, -0.15) is 0 Å². The zero-order valence-electron chi connectivity index (χ0n) is 14.2. The molecular weight excluding hydrogens is 302 g/mol. The molecule has 2 N–H and O–H groups in total. The number of rotatable bonds is 1. The molecule has 130 valence electrons. The lowest BCUT2D eigenvalue weighted by molar-refractivity contribution is -0.128. The fraction of sp³-hybridized carbons (Fsp3) is 0.579. The lowest BCUT2D eigenvalue weighted by Crippen LogP contribution is -2.52. The molecule has 24 heavy (non-hydrogen) atoms. The fourth-order valence-corrected chi connectivity index (χ4v) is 3.85. The summed E-state index contributed by atoms with van der Waals surface area (Å²) < 4.78 is 0. The van der Waals surface area contributed by atoms with Crippen molar-refractivity contribution in [1.82, 2.24) is 10.2 Å². The number of para-hydroxylation sites is 1. The van der Waals surface area contributed by atoms with Gasteiger partial charge in [0, 0.05) is 24.8 Å². The van der Waals surface area contributed by atoms with E-state index in [4.69, 9.17) is 0 Å². The van der Waals surface area contributed by atoms with Gasteiger partial charge in [0.1, 0.15) is 0 Å². The monoisotopic (exact) mass is 329 g/mol. The molecule has 1 aliphatic carbocycles. The first-order chi connectivity index (χ1) is 11.8. The maximum atomic E-state index is 12.9. The summed E-state index contributed by atoms with van der Waals surface area (Å²) in [6.45, 7) is 1.49. The van der Waals surface area contributed by atoms with Gasteiger partial charge in [0.15, 0.2) is 0 Å². The highest BCUT2D eigenvalue weighted by Crippen LogP contribution is 2.30. The van der Waals surface area contributed by atoms with Crippen LogP contribution in [0.1, 0.15) is 44.9 Å². The van der Waals surface area contributed by atoms with Crippen LogP contribution in [0.3, 0.4) is 0 Å². The number of hydrogen-bond donors (Lipinski definition) is 2. The number of fused-ring (bicyclic) bond motifs is 1. The number of urea groups is 1. The predicted octanol–water partition coefficient (Wildman–Crippen LogP) is 3.38. The van der Waals surface area contributed by atoms with Gasteiger partial charge in [-0.05, 0) is 44.2 Å². The normalized spacial score (nSPS) is 25.3. The van der Waals surface area contributed by atoms with E-state index in [1.54, 1.807) is 0 Å². The van der Waals surface area contributed by atoms with Crippen molar-refractivity contribution < 1.29 is 9.59 Å². The summed E-state index contributed by atoms with van der Waals surface area (Å²) in [6.07, 6.45) is 6.96. The van der Waals surface area contributed by atoms with E-state index in [2.05, 4.69) is 10.6 Å². The van der Waals surface area contributed by atoms with E-state index in [-0.39, 0.29) is 23.9 Å². The van der Waals surface area contributed by atoms with Crippen LogP contribution in [0.5, 0.6) is 0 Å². The van der Waals surface area contributed by atoms with Gasteiger partial charge in [0.05, 0.1) is 5.92 Å². The highest BCUT2D eigenvalue weighted by atomic mass is 16.2. The Bertz CT molecular complexity index is 561. The SMILES string of the molecule is O=C1NCCCCCN(C(=O)Nc2ccccc2)C2CCCCC12. The second-order valence-corrected chi connectivity index (χ2v) is 6.80. The van der Waals surface area contributed by atoms with Crippen LogP contribution in [0.4, 0.5) is 10.5 Å². The van der Waals surface area contributed by atoms with E-state index >= 15 is 0 Å². The zero-order valence-corrected chi connectivity index (χ0v) is 14.2. The summed E-state index contributed by atoms with van der Waals surface area (Å²) in [5.74, 6) is 0.0532. The number of hydrogen-bond acceptors (Lipinski definition) is 2. The highest BCUT2D eigenvalue weighted by Gasteiger charge is 2.37. The lowest BCUT2D eigenvalue weighted by Gasteiger charge is -2.40. The predicted molar refractivity (Wildman–Crippen MR) is 94.8 cm³/mol. The third kappa shape index (κ3) is 4.08. The number of carbonyl (C=O) groups excluding carboxylic acids is 2. The zero-order chi connectivity index (χ0) is 16.8. The topological polar surface area (TPSA) is 61.4 Å². The van der Waals surface area contributed by atoms with Crippen molar-refractivity contribution in [3.05, 3.63) is 30.3 Å². The van der Waals surface area contributed by atoms with Gasteiger partial charge in [0.25, 0.3) is 0 Å². The van der Waals surface area contributed by atoms with Gasteiger partial charge in [-0.15, -0.1) is 0 Å². The van der Waals surface area contributed by atoms with E-state index in [1.165, 1.54) is 0 Å². The molecule has 1 aromatic rings. The molecule has 5 heteroatoms. The molecule has 1 saturated carbocycles. The van der Waals surface area contributed by atoms with Crippen LogP contribution in [0.15, 0.2) is 30.3 Å². The number of benzene rings is 1. The minimum atomic E-state index is -0.0773. The molecule has 0 aromatic heterocycles. The summed E-state index contributed by atoms with van der Waals surface area (Å²) in [4.78, 5) is 27.3. The van der Waals surface area contributed by atoms with Gasteiger partial charge in [-0.1, -0.05) is 31.0 Å². The summed E-state index contributed by atoms with van der Waals surface area (Å²) >= 11 is 0. The summed E-state index contributed by atoms with van der Waals surface area (Å²) in [5, 5.41) is 6.06. The van der Waals surface area contributed by atoms with Crippen LogP contribution in [0.2, 0.25) is 0 Å². The molecule has 0 radical (unpaired) electrons. The smallest absolute Gasteiger partial charge is 0.322 e. The fourth-order valence-electron chi connectivity index (χ4n) is 3.85. The lowest BCUT2D eigenvalue weighted by atomic mass is 9.82. The molecule has 3 rings (SSSR count). The van der Waals surface area contributed by atoms with Crippen molar-refractivity contribution in [1.29, 1.82) is 0 Å². The molecule has 5 nitrogen and oxygen atoms in total. The van der Waals surface area contributed by atoms with Gasteiger partial charge in [0.2, 0.25) is 5.91 Å². The molecule has 0 bridgehead atoms. The molecule has 1 aromatic carbocycles. The second kappa shape index (κ2) is 8.18. The largest absolute Gasteiger partial charge is 0.356 e. The Balaban J connectivity index is 1.78. The van der Waals surface area contributed by atoms with Crippen LogP contribution >= 0.6 is 0 Å². The van der Waals surface area contributed by atoms with Crippen LogP contribution in [0.25, 0.3) is 0 Å². The van der Waals surface area contributed by atoms with Crippen molar-refractivity contribution >= 4 is 17.6 Å². The van der Waals surface area contributed by atoms with Gasteiger partial charge in [-0.25, -0.2) is 4.79 Å². The van der Waals surface area contributed by atoms with Gasteiger partial charge >= 0.3 is 6.03 Å². The van der Waals surface area contributed by atoms with E-state index in [1.807, 2.05) is 35.2 Å². The average molecular weight is 329 g/mol. The van der Waals surface area contributed by atoms with E-state index in [0.29, 0.717) is 0 Å². The first-order valence-electron chi connectivity index (χ1n) is 9.16. The number of nitrogens with zero attached hydrogens (tertiary/aromatic N) is 1. The Morgan fingerprint density at radius 3 is 2.67 bits per heavy atom. The molecule has 2 aliphatic rings. The standard InChI is InChI=1S/C19H27N3O2/c23-18-16-11-5-6-12-17(16)22(14-8-2-7-13-20-18)19(24)21-15-9-3-1-4-10-15/h1,3-4,9-10,16-17H,2,5-8,11-14H2,(H,20,23)(H,21,24). The molecule has 0 spiro atoms. The van der Waals surface area contributed by atoms with Crippen LogP contribution in [0, 0.1) is 5.92 Å². The molecule has 2 atom stereocenters. The molecule has 1 heterocycles. The van der Waals surface area contributed by atoms with Crippen LogP contribution < -0.4 is 10.6 Å². The number of amides is 3. The van der Waals surface area contributed by atoms with Gasteiger partial charge < -0.3 is 15.5 Å². The van der Waals surface area contributed by atoms with Gasteiger partial charge in [-0.3, -0.25) is 4.79 Å². The number of carbonyl (C=O) groups is 2. The maximum Gasteiger partial charge on any atom is 0.322 e. The quantitative estimate of drug-likeness (QED) is 0.830. The highest BCUT2D eigenvalue weighted by molar-refractivity contribution is 5.90. The van der Waals surface area contributed by atoms with Crippen LogP contribution in [-0.4, -0.2) is 36.0 Å². The van der Waals surface area contributed by atoms with E-state index < -0.39 is 0 Å². The molecule has 2 fully saturated rings. The Morgan fingerprint density at radius 1 is 1.04 bits per heavy atom. The van der Waals surface area contributed by atoms with Crippen molar-refractivity contribution in [2.75, 3.05) is 18.4 Å². The Morgan fingerprint density at radius 2 is 1.83 bits per heavy atom. The van der Waals surface area contributed by atoms with E-state index in [9.17, 15) is 9.59 Å². The summed E-state index contributed by atoms with van der Waals surface area (Å²) in [5.41, 5.74) is 0.802. The van der Waals surface area contributed by atoms with Crippen molar-refractivity contribution in [3.63, 3.8) is 0 Å². The minimum Gasteiger partial charge on any atom is -0.356 e. The Kier molecular flexibility index (Phi) is 5.72. The summed E-state index contributed by atoms with van der Waals surface area (Å²) in [7, 11) is 0. The Labute approximate surface area is 143 Å². The van der Waals surface area contributed by atoms with Crippen LogP contribution in [-0.2, 0) is 4.79 Å². The van der Waals surface area contributed by atoms with E-state index in [0.717, 1.165) is 63.7 Å². The van der Waals surface area contributed by atoms with Crippen molar-refractivity contribution in [2.24, 2.45) is 5.92 Å². The molecule has 1 aliphatic heterocycles. The van der Waals surface area contributed by atoms with Crippen molar-refractivity contribution in [2.45, 2.75) is 51.0 Å². The summed E-state index contributed by atoms with van der Waals surface area (Å²) in [6, 6.07) is 9.48.